The average molecular weight is 377 g/mol. The molecule has 154 valence electrons. The van der Waals surface area contributed by atoms with Gasteiger partial charge in [0, 0.05) is 6.08 Å². The van der Waals surface area contributed by atoms with Crippen LogP contribution in [0.4, 0.5) is 0 Å². The Labute approximate surface area is 167 Å². The van der Waals surface area contributed by atoms with Crippen molar-refractivity contribution in [3.05, 3.63) is 58.7 Å². The van der Waals surface area contributed by atoms with Crippen LogP contribution in [0.25, 0.3) is 0 Å². The van der Waals surface area contributed by atoms with Crippen LogP contribution in [0.2, 0.25) is 0 Å². The van der Waals surface area contributed by atoms with Crippen molar-refractivity contribution in [1.82, 2.24) is 0 Å². The van der Waals surface area contributed by atoms with E-state index in [0.29, 0.717) is 5.92 Å². The molecule has 3 heteroatoms. The van der Waals surface area contributed by atoms with E-state index < -0.39 is 0 Å². The minimum atomic E-state index is -0.347. The van der Waals surface area contributed by atoms with Crippen molar-refractivity contribution >= 4 is 5.97 Å². The van der Waals surface area contributed by atoms with Gasteiger partial charge in [-0.3, -0.25) is 0 Å². The molecule has 0 radical (unpaired) electrons. The lowest BCUT2D eigenvalue weighted by Crippen LogP contribution is -2.19. The van der Waals surface area contributed by atoms with Crippen molar-refractivity contribution in [3.8, 4) is 0 Å². The van der Waals surface area contributed by atoms with Crippen LogP contribution in [0.15, 0.2) is 58.7 Å². The number of carbonyl (C=O) groups is 1. The lowest BCUT2D eigenvalue weighted by molar-refractivity contribution is -0.134. The molecule has 2 unspecified atom stereocenters. The summed E-state index contributed by atoms with van der Waals surface area (Å²) in [5.74, 6) is 0.142. The Balaban J connectivity index is 0. The van der Waals surface area contributed by atoms with Gasteiger partial charge in [-0.25, -0.2) is 4.79 Å². The first-order chi connectivity index (χ1) is 12.8. The molecular weight excluding hydrogens is 336 g/mol. The number of methoxy groups -OCH3 is 1. The molecule has 0 heterocycles. The Hall–Kier alpha value is -1.87. The Morgan fingerprint density at radius 1 is 1.07 bits per heavy atom. The van der Waals surface area contributed by atoms with Crippen molar-refractivity contribution < 1.29 is 14.6 Å². The summed E-state index contributed by atoms with van der Waals surface area (Å²) in [6.45, 7) is 16.1. The molecular formula is C24H40O3. The molecule has 1 aliphatic carbocycles. The molecule has 0 aliphatic heterocycles. The number of esters is 1. The normalized spacial score (nSPS) is 20.8. The molecule has 27 heavy (non-hydrogen) atoms. The van der Waals surface area contributed by atoms with Crippen LogP contribution in [0, 0.1) is 5.92 Å². The third-order valence-corrected chi connectivity index (χ3v) is 4.15. The maximum Gasteiger partial charge on any atom is 0.330 e. The quantitative estimate of drug-likeness (QED) is 0.347. The van der Waals surface area contributed by atoms with Gasteiger partial charge in [0.15, 0.2) is 0 Å². The average Bonchev–Trinajstić information content (AvgIpc) is 2.68. The van der Waals surface area contributed by atoms with E-state index in [-0.39, 0.29) is 12.1 Å². The number of hydrogen-bond acceptors (Lipinski definition) is 3. The zero-order chi connectivity index (χ0) is 21.4. The Morgan fingerprint density at radius 2 is 1.67 bits per heavy atom. The molecule has 0 fully saturated rings. The van der Waals surface area contributed by atoms with Crippen molar-refractivity contribution in [2.45, 2.75) is 74.3 Å². The third-order valence-electron chi connectivity index (χ3n) is 4.15. The van der Waals surface area contributed by atoms with E-state index >= 15 is 0 Å². The highest BCUT2D eigenvalue weighted by Crippen LogP contribution is 2.30. The molecule has 0 aromatic carbocycles. The zero-order valence-electron chi connectivity index (χ0n) is 18.8. The highest BCUT2D eigenvalue weighted by Gasteiger charge is 2.21. The van der Waals surface area contributed by atoms with Gasteiger partial charge in [0.2, 0.25) is 0 Å². The molecule has 0 aromatic heterocycles. The molecule has 1 aliphatic rings. The van der Waals surface area contributed by atoms with E-state index in [9.17, 15) is 9.90 Å². The Bertz CT molecular complexity index is 574. The molecule has 0 saturated carbocycles. The van der Waals surface area contributed by atoms with Crippen molar-refractivity contribution in [2.75, 3.05) is 7.11 Å². The highest BCUT2D eigenvalue weighted by atomic mass is 16.5. The number of hydrogen-bond donors (Lipinski definition) is 1. The standard InChI is InChI=1S/C20H28O3.2C2H6/c1-14(7-6-8-15(2)13-20(22)23-5)9-11-18-16(3)10-12-19(21)17(18)4;2*1-2/h6-9,11,13,16,19,21H,10,12H2,1-5H3;2*1-2H3/b8-6+,11-9+,14-7+,15-13-;;. The second kappa shape index (κ2) is 16.3. The van der Waals surface area contributed by atoms with Gasteiger partial charge in [-0.2, -0.15) is 0 Å². The van der Waals surface area contributed by atoms with Crippen LogP contribution in [0.1, 0.15) is 68.2 Å². The van der Waals surface area contributed by atoms with E-state index in [1.807, 2.05) is 66.7 Å². The van der Waals surface area contributed by atoms with Crippen LogP contribution < -0.4 is 0 Å². The van der Waals surface area contributed by atoms with E-state index in [4.69, 9.17) is 0 Å². The number of rotatable bonds is 5. The number of aliphatic hydroxyl groups is 1. The fourth-order valence-corrected chi connectivity index (χ4v) is 2.58. The zero-order valence-corrected chi connectivity index (χ0v) is 18.8. The van der Waals surface area contributed by atoms with Crippen LogP contribution in [-0.4, -0.2) is 24.3 Å². The smallest absolute Gasteiger partial charge is 0.330 e. The van der Waals surface area contributed by atoms with E-state index in [1.165, 1.54) is 18.8 Å². The predicted molar refractivity (Wildman–Crippen MR) is 118 cm³/mol. The summed E-state index contributed by atoms with van der Waals surface area (Å²) in [5.41, 5.74) is 4.27. The van der Waals surface area contributed by atoms with Crippen LogP contribution >= 0.6 is 0 Å². The second-order valence-corrected chi connectivity index (χ2v) is 6.15. The molecule has 3 nitrogen and oxygen atoms in total. The minimum absolute atomic E-state index is 0.305. The molecule has 0 amide bonds. The topological polar surface area (TPSA) is 46.5 Å². The lowest BCUT2D eigenvalue weighted by Gasteiger charge is -2.26. The van der Waals surface area contributed by atoms with Gasteiger partial charge in [0.05, 0.1) is 13.2 Å². The number of ether oxygens (including phenoxy) is 1. The van der Waals surface area contributed by atoms with Crippen LogP contribution in [0.3, 0.4) is 0 Å². The monoisotopic (exact) mass is 376 g/mol. The van der Waals surface area contributed by atoms with Gasteiger partial charge in [-0.05, 0) is 56.3 Å². The number of allylic oxidation sites excluding steroid dienone is 8. The Kier molecular flexibility index (Phi) is 16.5. The molecule has 0 aromatic rings. The van der Waals surface area contributed by atoms with E-state index in [0.717, 1.165) is 29.6 Å². The van der Waals surface area contributed by atoms with Crippen LogP contribution in [-0.2, 0) is 9.53 Å². The molecule has 0 saturated heterocycles. The van der Waals surface area contributed by atoms with Gasteiger partial charge in [0.1, 0.15) is 0 Å². The summed E-state index contributed by atoms with van der Waals surface area (Å²) in [5, 5.41) is 9.96. The largest absolute Gasteiger partial charge is 0.466 e. The maximum absolute atomic E-state index is 11.1. The summed E-state index contributed by atoms with van der Waals surface area (Å²) in [4.78, 5) is 11.1. The predicted octanol–water partition coefficient (Wildman–Crippen LogP) is 6.32. The van der Waals surface area contributed by atoms with Gasteiger partial charge in [-0.1, -0.05) is 70.6 Å². The first-order valence-corrected chi connectivity index (χ1v) is 10.0. The second-order valence-electron chi connectivity index (χ2n) is 6.15. The fraction of sp³-hybridized carbons (Fsp3) is 0.542. The SMILES string of the molecule is CC.CC.COC(=O)\C=C(C)/C=C/C=C(C)/C=C/C1=C(C)C(O)CCC1C. The molecule has 1 N–H and O–H groups in total. The Morgan fingerprint density at radius 3 is 2.22 bits per heavy atom. The summed E-state index contributed by atoms with van der Waals surface area (Å²) in [7, 11) is 1.37. The van der Waals surface area contributed by atoms with Crippen LogP contribution in [0.5, 0.6) is 0 Å². The molecule has 1 rings (SSSR count). The van der Waals surface area contributed by atoms with Crippen molar-refractivity contribution in [3.63, 3.8) is 0 Å². The molecule has 0 bridgehead atoms. The summed E-state index contributed by atoms with van der Waals surface area (Å²) in [6, 6.07) is 0. The highest BCUT2D eigenvalue weighted by molar-refractivity contribution is 5.83. The number of carbonyl (C=O) groups excluding carboxylic acids is 1. The van der Waals surface area contributed by atoms with Gasteiger partial charge < -0.3 is 9.84 Å². The van der Waals surface area contributed by atoms with Gasteiger partial charge in [-0.15, -0.1) is 0 Å². The molecule has 0 spiro atoms. The number of aliphatic hydroxyl groups excluding tert-OH is 1. The molecule has 2 atom stereocenters. The van der Waals surface area contributed by atoms with Gasteiger partial charge in [0.25, 0.3) is 0 Å². The summed E-state index contributed by atoms with van der Waals surface area (Å²) >= 11 is 0. The van der Waals surface area contributed by atoms with E-state index in [2.05, 4.69) is 23.8 Å². The minimum Gasteiger partial charge on any atom is -0.466 e. The maximum atomic E-state index is 11.1. The fourth-order valence-electron chi connectivity index (χ4n) is 2.58. The van der Waals surface area contributed by atoms with Gasteiger partial charge >= 0.3 is 5.97 Å². The third kappa shape index (κ3) is 11.4. The van der Waals surface area contributed by atoms with Crippen molar-refractivity contribution in [1.29, 1.82) is 0 Å². The lowest BCUT2D eigenvalue weighted by atomic mass is 9.82. The van der Waals surface area contributed by atoms with E-state index in [1.54, 1.807) is 0 Å². The summed E-state index contributed by atoms with van der Waals surface area (Å²) < 4.78 is 4.58. The summed E-state index contributed by atoms with van der Waals surface area (Å²) in [6.07, 6.45) is 13.0. The first-order valence-electron chi connectivity index (χ1n) is 10.0. The van der Waals surface area contributed by atoms with Crippen molar-refractivity contribution in [2.24, 2.45) is 5.92 Å². The first kappa shape index (κ1) is 27.3.